The van der Waals surface area contributed by atoms with Crippen LogP contribution in [0.3, 0.4) is 0 Å². The molecule has 0 rings (SSSR count). The fourth-order valence-electron chi connectivity index (χ4n) is 2.32. The topological polar surface area (TPSA) is 63.2 Å². The Bertz CT molecular complexity index is 298. The Morgan fingerprint density at radius 2 is 0.963 bits per heavy atom. The van der Waals surface area contributed by atoms with Crippen molar-refractivity contribution in [1.82, 2.24) is 0 Å². The van der Waals surface area contributed by atoms with E-state index in [2.05, 4.69) is 13.8 Å². The molecular formula is C21H42O6. The Hall–Kier alpha value is -0.690. The van der Waals surface area contributed by atoms with Crippen molar-refractivity contribution in [2.24, 2.45) is 0 Å². The third-order valence-corrected chi connectivity index (χ3v) is 3.94. The van der Waals surface area contributed by atoms with Crippen LogP contribution < -0.4 is 0 Å². The molecule has 0 aliphatic rings. The van der Waals surface area contributed by atoms with Gasteiger partial charge in [0.1, 0.15) is 0 Å². The number of ether oxygens (including phenoxy) is 5. The molecule has 0 aliphatic heterocycles. The zero-order chi connectivity index (χ0) is 19.8. The normalized spacial score (nSPS) is 11.0. The van der Waals surface area contributed by atoms with E-state index in [0.717, 1.165) is 32.3 Å². The van der Waals surface area contributed by atoms with Crippen LogP contribution in [0, 0.1) is 0 Å². The highest BCUT2D eigenvalue weighted by molar-refractivity contribution is 5.69. The quantitative estimate of drug-likeness (QED) is 0.204. The van der Waals surface area contributed by atoms with Crippen molar-refractivity contribution in [1.29, 1.82) is 0 Å². The molecular weight excluding hydrogens is 348 g/mol. The molecule has 0 N–H and O–H groups in total. The SMILES string of the molecule is CCCCCCOCCOCCOCCOCCCC(=O)OCCCCC. The van der Waals surface area contributed by atoms with Crippen molar-refractivity contribution in [2.45, 2.75) is 71.6 Å². The van der Waals surface area contributed by atoms with Crippen LogP contribution in [-0.2, 0) is 28.5 Å². The molecule has 0 saturated heterocycles. The third-order valence-electron chi connectivity index (χ3n) is 3.94. The molecule has 6 nitrogen and oxygen atoms in total. The van der Waals surface area contributed by atoms with Crippen LogP contribution in [0.25, 0.3) is 0 Å². The summed E-state index contributed by atoms with van der Waals surface area (Å²) in [7, 11) is 0. The van der Waals surface area contributed by atoms with Gasteiger partial charge in [0.2, 0.25) is 0 Å². The summed E-state index contributed by atoms with van der Waals surface area (Å²) in [6.45, 7) is 9.72. The van der Waals surface area contributed by atoms with Gasteiger partial charge in [-0.1, -0.05) is 46.0 Å². The van der Waals surface area contributed by atoms with Gasteiger partial charge in [0.25, 0.3) is 0 Å². The van der Waals surface area contributed by atoms with Gasteiger partial charge in [-0.25, -0.2) is 0 Å². The average molecular weight is 391 g/mol. The first-order valence-electron chi connectivity index (χ1n) is 10.8. The van der Waals surface area contributed by atoms with Crippen molar-refractivity contribution in [3.05, 3.63) is 0 Å². The van der Waals surface area contributed by atoms with Crippen molar-refractivity contribution >= 4 is 5.97 Å². The molecule has 6 heteroatoms. The van der Waals surface area contributed by atoms with Crippen molar-refractivity contribution in [3.63, 3.8) is 0 Å². The van der Waals surface area contributed by atoms with Crippen LogP contribution in [0.15, 0.2) is 0 Å². The molecule has 0 aromatic heterocycles. The van der Waals surface area contributed by atoms with E-state index in [0.29, 0.717) is 65.7 Å². The van der Waals surface area contributed by atoms with Gasteiger partial charge in [0, 0.05) is 19.6 Å². The highest BCUT2D eigenvalue weighted by atomic mass is 16.6. The predicted octanol–water partition coefficient (Wildman–Crippen LogP) is 4.15. The molecule has 0 heterocycles. The first kappa shape index (κ1) is 26.3. The highest BCUT2D eigenvalue weighted by Crippen LogP contribution is 1.99. The van der Waals surface area contributed by atoms with Crippen LogP contribution in [0.1, 0.15) is 71.6 Å². The smallest absolute Gasteiger partial charge is 0.305 e. The number of carbonyl (C=O) groups is 1. The van der Waals surface area contributed by atoms with Crippen LogP contribution in [0.2, 0.25) is 0 Å². The molecule has 0 atom stereocenters. The number of rotatable bonds is 22. The molecule has 0 aliphatic carbocycles. The summed E-state index contributed by atoms with van der Waals surface area (Å²) < 4.78 is 26.9. The molecule has 0 aromatic rings. The molecule has 0 fully saturated rings. The minimum Gasteiger partial charge on any atom is -0.466 e. The fourth-order valence-corrected chi connectivity index (χ4v) is 2.32. The highest BCUT2D eigenvalue weighted by Gasteiger charge is 2.02. The lowest BCUT2D eigenvalue weighted by Gasteiger charge is -2.08. The second-order valence-electron chi connectivity index (χ2n) is 6.54. The third kappa shape index (κ3) is 23.3. The van der Waals surface area contributed by atoms with E-state index in [1.165, 1.54) is 19.3 Å². The molecule has 0 radical (unpaired) electrons. The zero-order valence-electron chi connectivity index (χ0n) is 17.7. The molecule has 0 bridgehead atoms. The number of hydrogen-bond acceptors (Lipinski definition) is 6. The Morgan fingerprint density at radius 3 is 1.52 bits per heavy atom. The van der Waals surface area contributed by atoms with Crippen LogP contribution in [0.4, 0.5) is 0 Å². The standard InChI is InChI=1S/C21H42O6/c1-3-5-7-9-12-23-15-17-25-19-20-26-18-16-24-13-10-11-21(22)27-14-8-6-4-2/h3-20H2,1-2H3. The first-order valence-corrected chi connectivity index (χ1v) is 10.8. The van der Waals surface area contributed by atoms with Gasteiger partial charge in [-0.2, -0.15) is 0 Å². The van der Waals surface area contributed by atoms with E-state index in [1.807, 2.05) is 0 Å². The summed E-state index contributed by atoms with van der Waals surface area (Å²) in [4.78, 5) is 11.4. The monoisotopic (exact) mass is 390 g/mol. The fraction of sp³-hybridized carbons (Fsp3) is 0.952. The Kier molecular flexibility index (Phi) is 22.8. The number of esters is 1. The molecule has 0 unspecified atom stereocenters. The van der Waals surface area contributed by atoms with E-state index >= 15 is 0 Å². The number of carbonyl (C=O) groups excluding carboxylic acids is 1. The molecule has 27 heavy (non-hydrogen) atoms. The van der Waals surface area contributed by atoms with Gasteiger partial charge < -0.3 is 23.7 Å². The lowest BCUT2D eigenvalue weighted by molar-refractivity contribution is -0.144. The van der Waals surface area contributed by atoms with E-state index in [4.69, 9.17) is 23.7 Å². The van der Waals surface area contributed by atoms with E-state index in [1.54, 1.807) is 0 Å². The summed E-state index contributed by atoms with van der Waals surface area (Å²) in [6.07, 6.45) is 9.21. The maximum absolute atomic E-state index is 11.4. The molecule has 0 spiro atoms. The summed E-state index contributed by atoms with van der Waals surface area (Å²) in [6, 6.07) is 0. The van der Waals surface area contributed by atoms with Gasteiger partial charge >= 0.3 is 5.97 Å². The second kappa shape index (κ2) is 23.3. The molecule has 0 saturated carbocycles. The Labute approximate surface area is 166 Å². The minimum absolute atomic E-state index is 0.131. The summed E-state index contributed by atoms with van der Waals surface area (Å²) in [5, 5.41) is 0. The van der Waals surface area contributed by atoms with Gasteiger partial charge in [0.15, 0.2) is 0 Å². The van der Waals surface area contributed by atoms with Gasteiger partial charge in [0.05, 0.1) is 46.2 Å². The molecule has 162 valence electrons. The lowest BCUT2D eigenvalue weighted by atomic mass is 10.2. The zero-order valence-corrected chi connectivity index (χ0v) is 17.7. The summed E-state index contributed by atoms with van der Waals surface area (Å²) in [5.74, 6) is -0.131. The molecule has 0 aromatic carbocycles. The lowest BCUT2D eigenvalue weighted by Crippen LogP contribution is -2.12. The maximum Gasteiger partial charge on any atom is 0.305 e. The van der Waals surface area contributed by atoms with E-state index < -0.39 is 0 Å². The second-order valence-corrected chi connectivity index (χ2v) is 6.54. The Morgan fingerprint density at radius 1 is 0.519 bits per heavy atom. The van der Waals surface area contributed by atoms with Crippen molar-refractivity contribution in [2.75, 3.05) is 59.5 Å². The summed E-state index contributed by atoms with van der Waals surface area (Å²) in [5.41, 5.74) is 0. The largest absolute Gasteiger partial charge is 0.466 e. The summed E-state index contributed by atoms with van der Waals surface area (Å²) >= 11 is 0. The maximum atomic E-state index is 11.4. The van der Waals surface area contributed by atoms with Crippen molar-refractivity contribution in [3.8, 4) is 0 Å². The molecule has 0 amide bonds. The van der Waals surface area contributed by atoms with Crippen molar-refractivity contribution < 1.29 is 28.5 Å². The number of hydrogen-bond donors (Lipinski definition) is 0. The van der Waals surface area contributed by atoms with Gasteiger partial charge in [-0.15, -0.1) is 0 Å². The van der Waals surface area contributed by atoms with Crippen LogP contribution in [0.5, 0.6) is 0 Å². The minimum atomic E-state index is -0.131. The van der Waals surface area contributed by atoms with Gasteiger partial charge in [-0.05, 0) is 19.3 Å². The predicted molar refractivity (Wildman–Crippen MR) is 107 cm³/mol. The van der Waals surface area contributed by atoms with E-state index in [9.17, 15) is 4.79 Å². The number of unbranched alkanes of at least 4 members (excludes halogenated alkanes) is 5. The first-order chi connectivity index (χ1) is 13.3. The van der Waals surface area contributed by atoms with E-state index in [-0.39, 0.29) is 5.97 Å². The van der Waals surface area contributed by atoms with Crippen LogP contribution in [-0.4, -0.2) is 65.4 Å². The Balaban J connectivity index is 3.07. The van der Waals surface area contributed by atoms with Gasteiger partial charge in [-0.3, -0.25) is 4.79 Å². The van der Waals surface area contributed by atoms with Crippen LogP contribution >= 0.6 is 0 Å². The average Bonchev–Trinajstić information content (AvgIpc) is 2.67.